The number of benzene rings is 1. The molecule has 0 unspecified atom stereocenters. The van der Waals surface area contributed by atoms with Crippen LogP contribution in [-0.4, -0.2) is 37.7 Å². The Hall–Kier alpha value is -1.23. The molecule has 1 heterocycles. The molecule has 122 valence electrons. The van der Waals surface area contributed by atoms with Gasteiger partial charge in [0.2, 0.25) is 10.0 Å². The molecule has 0 atom stereocenters. The van der Waals surface area contributed by atoms with Gasteiger partial charge in [0, 0.05) is 23.9 Å². The van der Waals surface area contributed by atoms with Crippen LogP contribution in [0.1, 0.15) is 10.4 Å². The van der Waals surface area contributed by atoms with Crippen LogP contribution in [0.25, 0.3) is 0 Å². The van der Waals surface area contributed by atoms with Gasteiger partial charge in [0.1, 0.15) is 5.82 Å². The molecule has 6 nitrogen and oxygen atoms in total. The fourth-order valence-corrected chi connectivity index (χ4v) is 3.30. The highest BCUT2D eigenvalue weighted by Gasteiger charge is 2.20. The standard InChI is InChI=1S/C14H13ClIN3O3S/c1-19(2)23(21,22)10-4-5-12(16)11(7-10)14(20)18-13-6-3-9(15)8-17-13/h3-8H,1-2H3,(H,17,18,20). The summed E-state index contributed by atoms with van der Waals surface area (Å²) in [6.07, 6.45) is 1.41. The second-order valence-corrected chi connectivity index (χ2v) is 8.50. The van der Waals surface area contributed by atoms with Crippen molar-refractivity contribution in [3.8, 4) is 0 Å². The molecule has 0 fully saturated rings. The van der Waals surface area contributed by atoms with Gasteiger partial charge in [-0.2, -0.15) is 0 Å². The minimum Gasteiger partial charge on any atom is -0.307 e. The van der Waals surface area contributed by atoms with Crippen molar-refractivity contribution in [2.45, 2.75) is 4.90 Å². The van der Waals surface area contributed by atoms with Crippen LogP contribution in [-0.2, 0) is 10.0 Å². The van der Waals surface area contributed by atoms with Crippen molar-refractivity contribution >= 4 is 55.9 Å². The number of aromatic nitrogens is 1. The summed E-state index contributed by atoms with van der Waals surface area (Å²) in [6.45, 7) is 0. The van der Waals surface area contributed by atoms with Crippen molar-refractivity contribution in [1.29, 1.82) is 0 Å². The van der Waals surface area contributed by atoms with E-state index in [1.165, 1.54) is 32.4 Å². The van der Waals surface area contributed by atoms with Crippen molar-refractivity contribution in [2.24, 2.45) is 0 Å². The van der Waals surface area contributed by atoms with E-state index in [1.54, 1.807) is 18.2 Å². The van der Waals surface area contributed by atoms with E-state index in [-0.39, 0.29) is 10.5 Å². The molecule has 23 heavy (non-hydrogen) atoms. The Labute approximate surface area is 153 Å². The molecule has 2 aromatic rings. The van der Waals surface area contributed by atoms with Crippen molar-refractivity contribution in [2.75, 3.05) is 19.4 Å². The van der Waals surface area contributed by atoms with Gasteiger partial charge < -0.3 is 5.32 Å². The lowest BCUT2D eigenvalue weighted by Crippen LogP contribution is -2.23. The van der Waals surface area contributed by atoms with E-state index in [0.29, 0.717) is 14.4 Å². The first-order chi connectivity index (χ1) is 10.7. The Kier molecular flexibility index (Phi) is 5.61. The van der Waals surface area contributed by atoms with Crippen LogP contribution >= 0.6 is 34.2 Å². The molecule has 1 aromatic heterocycles. The van der Waals surface area contributed by atoms with Crippen LogP contribution in [0.15, 0.2) is 41.4 Å². The third-order valence-corrected chi connectivity index (χ3v) is 5.91. The number of hydrogen-bond donors (Lipinski definition) is 1. The number of halogens is 2. The monoisotopic (exact) mass is 465 g/mol. The summed E-state index contributed by atoms with van der Waals surface area (Å²) in [6, 6.07) is 7.56. The van der Waals surface area contributed by atoms with E-state index in [1.807, 2.05) is 22.6 Å². The second-order valence-electron chi connectivity index (χ2n) is 4.74. The summed E-state index contributed by atoms with van der Waals surface area (Å²) in [5.41, 5.74) is 0.255. The summed E-state index contributed by atoms with van der Waals surface area (Å²) < 4.78 is 26.1. The molecule has 1 aromatic carbocycles. The number of carbonyl (C=O) groups excluding carboxylic acids is 1. The van der Waals surface area contributed by atoms with Crippen LogP contribution in [0.2, 0.25) is 5.02 Å². The smallest absolute Gasteiger partial charge is 0.257 e. The van der Waals surface area contributed by atoms with Gasteiger partial charge in [0.25, 0.3) is 5.91 Å². The number of rotatable bonds is 4. The summed E-state index contributed by atoms with van der Waals surface area (Å²) in [7, 11) is -0.741. The third kappa shape index (κ3) is 4.19. The van der Waals surface area contributed by atoms with E-state index in [0.717, 1.165) is 4.31 Å². The predicted octanol–water partition coefficient (Wildman–Crippen LogP) is 2.84. The lowest BCUT2D eigenvalue weighted by molar-refractivity contribution is 0.102. The molecule has 0 aliphatic heterocycles. The summed E-state index contributed by atoms with van der Waals surface area (Å²) in [5.74, 6) is -0.115. The molecule has 1 N–H and O–H groups in total. The van der Waals surface area contributed by atoms with Gasteiger partial charge in [-0.1, -0.05) is 11.6 Å². The van der Waals surface area contributed by atoms with E-state index in [2.05, 4.69) is 10.3 Å². The number of carbonyl (C=O) groups is 1. The Morgan fingerprint density at radius 3 is 2.52 bits per heavy atom. The zero-order valence-electron chi connectivity index (χ0n) is 12.2. The van der Waals surface area contributed by atoms with Gasteiger partial charge in [-0.25, -0.2) is 17.7 Å². The molecule has 0 saturated carbocycles. The van der Waals surface area contributed by atoms with Gasteiger partial charge in [-0.05, 0) is 52.9 Å². The zero-order chi connectivity index (χ0) is 17.2. The van der Waals surface area contributed by atoms with Crippen LogP contribution in [0.3, 0.4) is 0 Å². The first-order valence-corrected chi connectivity index (χ1v) is 9.26. The van der Waals surface area contributed by atoms with Crippen LogP contribution in [0.4, 0.5) is 5.82 Å². The Balaban J connectivity index is 2.35. The number of nitrogens with one attached hydrogen (secondary N) is 1. The maximum absolute atomic E-state index is 12.4. The Morgan fingerprint density at radius 1 is 1.26 bits per heavy atom. The molecule has 0 spiro atoms. The van der Waals surface area contributed by atoms with E-state index >= 15 is 0 Å². The highest BCUT2D eigenvalue weighted by molar-refractivity contribution is 14.1. The maximum atomic E-state index is 12.4. The average Bonchev–Trinajstić information content (AvgIpc) is 2.49. The highest BCUT2D eigenvalue weighted by Crippen LogP contribution is 2.21. The molecule has 0 bridgehead atoms. The maximum Gasteiger partial charge on any atom is 0.257 e. The topological polar surface area (TPSA) is 79.4 Å². The van der Waals surface area contributed by atoms with Crippen LogP contribution in [0, 0.1) is 3.57 Å². The van der Waals surface area contributed by atoms with Gasteiger partial charge in [-0.3, -0.25) is 4.79 Å². The SMILES string of the molecule is CN(C)S(=O)(=O)c1ccc(I)c(C(=O)Nc2ccc(Cl)cn2)c1. The molecule has 1 amide bonds. The van der Waals surface area contributed by atoms with Crippen molar-refractivity contribution in [1.82, 2.24) is 9.29 Å². The molecule has 0 saturated heterocycles. The molecule has 2 rings (SSSR count). The quantitative estimate of drug-likeness (QED) is 0.704. The minimum atomic E-state index is -3.61. The van der Waals surface area contributed by atoms with Crippen molar-refractivity contribution in [3.63, 3.8) is 0 Å². The predicted molar refractivity (Wildman–Crippen MR) is 97.2 cm³/mol. The van der Waals surface area contributed by atoms with Gasteiger partial charge >= 0.3 is 0 Å². The molecular formula is C14H13ClIN3O3S. The summed E-state index contributed by atoms with van der Waals surface area (Å²) in [5, 5.41) is 3.07. The van der Waals surface area contributed by atoms with Gasteiger partial charge in [0.05, 0.1) is 15.5 Å². The van der Waals surface area contributed by atoms with Crippen molar-refractivity contribution in [3.05, 3.63) is 50.7 Å². The number of sulfonamides is 1. The Morgan fingerprint density at radius 2 is 1.96 bits per heavy atom. The average molecular weight is 466 g/mol. The highest BCUT2D eigenvalue weighted by atomic mass is 127. The van der Waals surface area contributed by atoms with Crippen molar-refractivity contribution < 1.29 is 13.2 Å². The number of hydrogen-bond acceptors (Lipinski definition) is 4. The van der Waals surface area contributed by atoms with Gasteiger partial charge in [-0.15, -0.1) is 0 Å². The third-order valence-electron chi connectivity index (χ3n) is 2.93. The number of anilines is 1. The lowest BCUT2D eigenvalue weighted by atomic mass is 10.2. The second kappa shape index (κ2) is 7.12. The number of nitrogens with zero attached hydrogens (tertiary/aromatic N) is 2. The fraction of sp³-hybridized carbons (Fsp3) is 0.143. The Bertz CT molecular complexity index is 839. The van der Waals surface area contributed by atoms with E-state index < -0.39 is 15.9 Å². The molecule has 0 aliphatic carbocycles. The minimum absolute atomic E-state index is 0.0529. The molecule has 9 heteroatoms. The normalized spacial score (nSPS) is 11.5. The largest absolute Gasteiger partial charge is 0.307 e. The summed E-state index contributed by atoms with van der Waals surface area (Å²) >= 11 is 7.72. The molecule has 0 radical (unpaired) electrons. The summed E-state index contributed by atoms with van der Waals surface area (Å²) in [4.78, 5) is 16.4. The van der Waals surface area contributed by atoms with E-state index in [4.69, 9.17) is 11.6 Å². The first-order valence-electron chi connectivity index (χ1n) is 6.37. The number of pyridine rings is 1. The molecule has 0 aliphatic rings. The first kappa shape index (κ1) is 18.1. The van der Waals surface area contributed by atoms with Crippen LogP contribution in [0.5, 0.6) is 0 Å². The lowest BCUT2D eigenvalue weighted by Gasteiger charge is -2.13. The van der Waals surface area contributed by atoms with Crippen LogP contribution < -0.4 is 5.32 Å². The fourth-order valence-electron chi connectivity index (χ4n) is 1.68. The zero-order valence-corrected chi connectivity index (χ0v) is 16.0. The van der Waals surface area contributed by atoms with Gasteiger partial charge in [0.15, 0.2) is 0 Å². The van der Waals surface area contributed by atoms with E-state index in [9.17, 15) is 13.2 Å². The molecular weight excluding hydrogens is 453 g/mol. The number of amides is 1.